The average Bonchev–Trinajstić information content (AvgIpc) is 3.12. The van der Waals surface area contributed by atoms with Gasteiger partial charge in [-0.05, 0) is 31.5 Å². The minimum absolute atomic E-state index is 0.00225. The third-order valence-electron chi connectivity index (χ3n) is 4.70. The summed E-state index contributed by atoms with van der Waals surface area (Å²) in [6.45, 7) is 1.85. The number of rotatable bonds is 5. The van der Waals surface area contributed by atoms with E-state index in [0.29, 0.717) is 16.9 Å². The fourth-order valence-electron chi connectivity index (χ4n) is 3.33. The summed E-state index contributed by atoms with van der Waals surface area (Å²) in [7, 11) is 1.32. The number of esters is 1. The fourth-order valence-corrected chi connectivity index (χ4v) is 3.33. The number of carbonyl (C=O) groups excluding carboxylic acids is 1. The Kier molecular flexibility index (Phi) is 4.02. The van der Waals surface area contributed by atoms with Crippen LogP contribution in [-0.4, -0.2) is 39.1 Å². The summed E-state index contributed by atoms with van der Waals surface area (Å²) in [5, 5.41) is 17.5. The van der Waals surface area contributed by atoms with E-state index in [1.165, 1.54) is 25.4 Å². The van der Waals surface area contributed by atoms with Gasteiger partial charge in [0.1, 0.15) is 11.3 Å². The van der Waals surface area contributed by atoms with E-state index in [0.717, 1.165) is 17.9 Å². The van der Waals surface area contributed by atoms with Crippen LogP contribution in [0.4, 0.5) is 0 Å². The third kappa shape index (κ3) is 2.99. The molecule has 2 unspecified atom stereocenters. The lowest BCUT2D eigenvalue weighted by atomic mass is 10.1. The van der Waals surface area contributed by atoms with Gasteiger partial charge in [0.05, 0.1) is 35.9 Å². The van der Waals surface area contributed by atoms with Gasteiger partial charge in [0.2, 0.25) is 0 Å². The Morgan fingerprint density at radius 2 is 2.11 bits per heavy atom. The molecule has 3 aromatic rings. The lowest BCUT2D eigenvalue weighted by molar-refractivity contribution is 0.0598. The van der Waals surface area contributed by atoms with E-state index in [-0.39, 0.29) is 17.4 Å². The maximum atomic E-state index is 12.2. The quantitative estimate of drug-likeness (QED) is 0.691. The topological polar surface area (TPSA) is 107 Å². The zero-order valence-electron chi connectivity index (χ0n) is 14.7. The molecule has 2 heterocycles. The van der Waals surface area contributed by atoms with Crippen LogP contribution in [0.3, 0.4) is 0 Å². The first-order chi connectivity index (χ1) is 13.0. The van der Waals surface area contributed by atoms with Crippen LogP contribution in [0.2, 0.25) is 0 Å². The summed E-state index contributed by atoms with van der Waals surface area (Å²) >= 11 is 0. The van der Waals surface area contributed by atoms with Crippen molar-refractivity contribution in [1.82, 2.24) is 14.9 Å². The van der Waals surface area contributed by atoms with Gasteiger partial charge in [-0.25, -0.2) is 14.3 Å². The summed E-state index contributed by atoms with van der Waals surface area (Å²) in [6.07, 6.45) is 2.23. The Hall–Kier alpha value is -3.42. The molecule has 0 aliphatic heterocycles. The number of carboxylic acids is 1. The molecule has 1 aliphatic carbocycles. The van der Waals surface area contributed by atoms with Gasteiger partial charge in [-0.15, -0.1) is 0 Å². The van der Waals surface area contributed by atoms with Crippen LogP contribution in [0.5, 0.6) is 0 Å². The monoisotopic (exact) mass is 367 g/mol. The second kappa shape index (κ2) is 6.39. The average molecular weight is 367 g/mol. The second-order valence-electron chi connectivity index (χ2n) is 6.52. The normalized spacial score (nSPS) is 18.3. The van der Waals surface area contributed by atoms with Crippen molar-refractivity contribution in [2.75, 3.05) is 7.11 Å². The molecular weight excluding hydrogens is 350 g/mol. The maximum absolute atomic E-state index is 12.2. The minimum atomic E-state index is -1.03. The smallest absolute Gasteiger partial charge is 0.341 e. The molecule has 0 saturated heterocycles. The van der Waals surface area contributed by atoms with E-state index in [4.69, 9.17) is 9.26 Å². The Bertz CT molecular complexity index is 1040. The van der Waals surface area contributed by atoms with Gasteiger partial charge in [-0.1, -0.05) is 11.2 Å². The standard InChI is InChI=1S/C19H17N3O5/c1-10-6-16(27-21-10)13-8-14(13)17-15(19(25)26-2)9-20-22(17)12-5-3-4-11(7-12)18(23)24/h3-7,9,13-14H,8H2,1-2H3,(H,23,24). The molecule has 27 heavy (non-hydrogen) atoms. The number of methoxy groups -OCH3 is 1. The molecule has 138 valence electrons. The van der Waals surface area contributed by atoms with Crippen molar-refractivity contribution < 1.29 is 24.0 Å². The molecular formula is C19H17N3O5. The van der Waals surface area contributed by atoms with Crippen molar-refractivity contribution in [2.45, 2.75) is 25.2 Å². The van der Waals surface area contributed by atoms with Gasteiger partial charge in [0, 0.05) is 17.9 Å². The summed E-state index contributed by atoms with van der Waals surface area (Å²) in [6, 6.07) is 8.31. The van der Waals surface area contributed by atoms with E-state index in [1.54, 1.807) is 16.8 Å². The summed E-state index contributed by atoms with van der Waals surface area (Å²) in [4.78, 5) is 23.5. The Morgan fingerprint density at radius 3 is 2.78 bits per heavy atom. The van der Waals surface area contributed by atoms with Crippen molar-refractivity contribution in [1.29, 1.82) is 0 Å². The van der Waals surface area contributed by atoms with Crippen LogP contribution in [0.25, 0.3) is 5.69 Å². The number of hydrogen-bond donors (Lipinski definition) is 1. The first-order valence-corrected chi connectivity index (χ1v) is 8.42. The molecule has 8 nitrogen and oxygen atoms in total. The molecule has 0 radical (unpaired) electrons. The molecule has 1 aromatic carbocycles. The molecule has 8 heteroatoms. The highest BCUT2D eigenvalue weighted by Crippen LogP contribution is 2.55. The molecule has 0 amide bonds. The number of carbonyl (C=O) groups is 2. The highest BCUT2D eigenvalue weighted by atomic mass is 16.5. The molecule has 4 rings (SSSR count). The number of aromatic nitrogens is 3. The van der Waals surface area contributed by atoms with Crippen molar-refractivity contribution >= 4 is 11.9 Å². The van der Waals surface area contributed by atoms with E-state index >= 15 is 0 Å². The van der Waals surface area contributed by atoms with Crippen LogP contribution in [-0.2, 0) is 4.74 Å². The van der Waals surface area contributed by atoms with Gasteiger partial charge >= 0.3 is 11.9 Å². The second-order valence-corrected chi connectivity index (χ2v) is 6.52. The van der Waals surface area contributed by atoms with Crippen LogP contribution in [0, 0.1) is 6.92 Å². The lowest BCUT2D eigenvalue weighted by Crippen LogP contribution is -2.08. The summed E-state index contributed by atoms with van der Waals surface area (Å²) < 4.78 is 11.9. The molecule has 0 bridgehead atoms. The number of ether oxygens (including phenoxy) is 1. The van der Waals surface area contributed by atoms with E-state index in [9.17, 15) is 14.7 Å². The van der Waals surface area contributed by atoms with Crippen molar-refractivity contribution in [2.24, 2.45) is 0 Å². The molecule has 1 fully saturated rings. The van der Waals surface area contributed by atoms with E-state index < -0.39 is 11.9 Å². The van der Waals surface area contributed by atoms with Crippen molar-refractivity contribution in [3.63, 3.8) is 0 Å². The molecule has 2 atom stereocenters. The number of hydrogen-bond acceptors (Lipinski definition) is 6. The molecule has 1 N–H and O–H groups in total. The van der Waals surface area contributed by atoms with Gasteiger partial charge in [0.25, 0.3) is 0 Å². The predicted octanol–water partition coefficient (Wildman–Crippen LogP) is 2.92. The number of aromatic carboxylic acids is 1. The lowest BCUT2D eigenvalue weighted by Gasteiger charge is -2.09. The first-order valence-electron chi connectivity index (χ1n) is 8.42. The van der Waals surface area contributed by atoms with Gasteiger partial charge in [-0.3, -0.25) is 0 Å². The molecule has 1 saturated carbocycles. The number of benzene rings is 1. The van der Waals surface area contributed by atoms with Crippen LogP contribution < -0.4 is 0 Å². The SMILES string of the molecule is COC(=O)c1cnn(-c2cccc(C(=O)O)c2)c1C1CC1c1cc(C)no1. The van der Waals surface area contributed by atoms with Crippen molar-refractivity contribution in [3.05, 3.63) is 64.8 Å². The Labute approximate surface area is 154 Å². The zero-order valence-corrected chi connectivity index (χ0v) is 14.7. The van der Waals surface area contributed by atoms with Gasteiger partial charge < -0.3 is 14.4 Å². The van der Waals surface area contributed by atoms with Crippen LogP contribution >= 0.6 is 0 Å². The maximum Gasteiger partial charge on any atom is 0.341 e. The summed E-state index contributed by atoms with van der Waals surface area (Å²) in [5.41, 5.74) is 2.56. The summed E-state index contributed by atoms with van der Waals surface area (Å²) in [5.74, 6) is -0.652. The van der Waals surface area contributed by atoms with E-state index in [2.05, 4.69) is 10.3 Å². The Morgan fingerprint density at radius 1 is 1.30 bits per heavy atom. The fraction of sp³-hybridized carbons (Fsp3) is 0.263. The van der Waals surface area contributed by atoms with E-state index in [1.807, 2.05) is 13.0 Å². The third-order valence-corrected chi connectivity index (χ3v) is 4.70. The largest absolute Gasteiger partial charge is 0.478 e. The van der Waals surface area contributed by atoms with Crippen LogP contribution in [0.1, 0.15) is 56.1 Å². The molecule has 1 aliphatic rings. The molecule has 2 aromatic heterocycles. The number of nitrogens with zero attached hydrogens (tertiary/aromatic N) is 3. The van der Waals surface area contributed by atoms with Crippen LogP contribution in [0.15, 0.2) is 41.1 Å². The number of aryl methyl sites for hydroxylation is 1. The Balaban J connectivity index is 1.78. The zero-order chi connectivity index (χ0) is 19.1. The van der Waals surface area contributed by atoms with Crippen molar-refractivity contribution in [3.8, 4) is 5.69 Å². The predicted molar refractivity (Wildman–Crippen MR) is 93.2 cm³/mol. The number of carboxylic acid groups (broad SMARTS) is 1. The molecule has 0 spiro atoms. The van der Waals surface area contributed by atoms with Gasteiger partial charge in [-0.2, -0.15) is 5.10 Å². The highest BCUT2D eigenvalue weighted by molar-refractivity contribution is 5.91. The van der Waals surface area contributed by atoms with Gasteiger partial charge in [0.15, 0.2) is 0 Å². The highest BCUT2D eigenvalue weighted by Gasteiger charge is 2.46. The minimum Gasteiger partial charge on any atom is -0.478 e. The first kappa shape index (κ1) is 17.0.